The molecule has 1 aliphatic rings. The van der Waals surface area contributed by atoms with Crippen LogP contribution >= 0.6 is 12.2 Å². The lowest BCUT2D eigenvalue weighted by atomic mass is 10.1. The Labute approximate surface area is 157 Å². The van der Waals surface area contributed by atoms with Crippen molar-refractivity contribution in [1.29, 1.82) is 0 Å². The summed E-state index contributed by atoms with van der Waals surface area (Å²) in [7, 11) is 0. The highest BCUT2D eigenvalue weighted by atomic mass is 32.1. The van der Waals surface area contributed by atoms with Gasteiger partial charge in [-0.15, -0.1) is 0 Å². The predicted molar refractivity (Wildman–Crippen MR) is 106 cm³/mol. The molecule has 1 saturated heterocycles. The quantitative estimate of drug-likeness (QED) is 0.625. The van der Waals surface area contributed by atoms with Crippen LogP contribution in [0.5, 0.6) is 5.88 Å². The fourth-order valence-corrected chi connectivity index (χ4v) is 3.48. The van der Waals surface area contributed by atoms with Crippen LogP contribution in [0.2, 0.25) is 0 Å². The minimum Gasteiger partial charge on any atom is -0.494 e. The van der Waals surface area contributed by atoms with Gasteiger partial charge in [0.05, 0.1) is 12.2 Å². The van der Waals surface area contributed by atoms with E-state index in [-0.39, 0.29) is 16.2 Å². The molecule has 0 spiro atoms. The smallest absolute Gasteiger partial charge is 0.264 e. The lowest BCUT2D eigenvalue weighted by molar-refractivity contribution is 0.235. The van der Waals surface area contributed by atoms with Crippen molar-refractivity contribution >= 4 is 18.4 Å². The maximum absolute atomic E-state index is 12.2. The molecule has 6 nitrogen and oxygen atoms in total. The third kappa shape index (κ3) is 4.28. The van der Waals surface area contributed by atoms with Crippen LogP contribution in [0.4, 0.5) is 0 Å². The molecule has 1 aromatic heterocycles. The van der Waals surface area contributed by atoms with Gasteiger partial charge < -0.3 is 10.0 Å². The average molecular weight is 372 g/mol. The van der Waals surface area contributed by atoms with E-state index in [1.807, 2.05) is 31.2 Å². The normalized spacial score (nSPS) is 15.6. The summed E-state index contributed by atoms with van der Waals surface area (Å²) >= 11 is 5.23. The van der Waals surface area contributed by atoms with Gasteiger partial charge >= 0.3 is 0 Å². The number of aromatic hydroxyl groups is 1. The molecule has 0 unspecified atom stereocenters. The highest BCUT2D eigenvalue weighted by Gasteiger charge is 2.13. The Hall–Kier alpha value is -2.25. The van der Waals surface area contributed by atoms with E-state index in [4.69, 9.17) is 12.2 Å². The molecule has 1 aromatic carbocycles. The molecule has 3 rings (SSSR count). The largest absolute Gasteiger partial charge is 0.494 e. The van der Waals surface area contributed by atoms with E-state index in [0.29, 0.717) is 12.2 Å². The molecule has 1 fully saturated rings. The van der Waals surface area contributed by atoms with Crippen molar-refractivity contribution in [2.75, 3.05) is 26.2 Å². The van der Waals surface area contributed by atoms with Crippen LogP contribution in [0.1, 0.15) is 30.4 Å². The van der Waals surface area contributed by atoms with E-state index in [1.54, 1.807) is 0 Å². The van der Waals surface area contributed by atoms with Crippen LogP contribution in [-0.2, 0) is 0 Å². The van der Waals surface area contributed by atoms with Gasteiger partial charge in [0.15, 0.2) is 4.77 Å². The van der Waals surface area contributed by atoms with Crippen molar-refractivity contribution < 1.29 is 5.11 Å². The van der Waals surface area contributed by atoms with Crippen molar-refractivity contribution in [3.05, 3.63) is 50.5 Å². The van der Waals surface area contributed by atoms with Gasteiger partial charge in [-0.1, -0.05) is 18.6 Å². The SMILES string of the molecule is Cc1cccc(-n2c(O)c(C=NCCN3CCCCC3)c(=O)[nH]c2=S)c1. The Bertz CT molecular complexity index is 910. The van der Waals surface area contributed by atoms with E-state index < -0.39 is 5.56 Å². The van der Waals surface area contributed by atoms with Crippen molar-refractivity contribution in [2.45, 2.75) is 26.2 Å². The van der Waals surface area contributed by atoms with Crippen molar-refractivity contribution in [1.82, 2.24) is 14.5 Å². The number of aliphatic imine (C=N–C) groups is 1. The van der Waals surface area contributed by atoms with Crippen molar-refractivity contribution in [3.8, 4) is 11.6 Å². The molecule has 0 bridgehead atoms. The van der Waals surface area contributed by atoms with E-state index in [2.05, 4.69) is 14.9 Å². The zero-order valence-corrected chi connectivity index (χ0v) is 15.8. The van der Waals surface area contributed by atoms with Gasteiger partial charge in [-0.3, -0.25) is 19.3 Å². The van der Waals surface area contributed by atoms with Gasteiger partial charge in [-0.05, 0) is 62.8 Å². The number of nitrogens with zero attached hydrogens (tertiary/aromatic N) is 3. The minimum absolute atomic E-state index is 0.124. The monoisotopic (exact) mass is 372 g/mol. The van der Waals surface area contributed by atoms with E-state index in [0.717, 1.165) is 25.2 Å². The summed E-state index contributed by atoms with van der Waals surface area (Å²) in [4.78, 5) is 21.6. The molecule has 0 saturated carbocycles. The molecule has 0 amide bonds. The van der Waals surface area contributed by atoms with Gasteiger partial charge in [0.1, 0.15) is 5.56 Å². The first-order valence-electron chi connectivity index (χ1n) is 8.94. The lowest BCUT2D eigenvalue weighted by Crippen LogP contribution is -2.31. The Morgan fingerprint density at radius 3 is 2.81 bits per heavy atom. The van der Waals surface area contributed by atoms with Crippen LogP contribution < -0.4 is 5.56 Å². The Morgan fingerprint density at radius 1 is 1.31 bits per heavy atom. The molecule has 0 aliphatic carbocycles. The molecule has 2 aromatic rings. The van der Waals surface area contributed by atoms with Crippen LogP contribution in [0, 0.1) is 11.7 Å². The summed E-state index contributed by atoms with van der Waals surface area (Å²) in [5, 5.41) is 10.6. The van der Waals surface area contributed by atoms with Crippen molar-refractivity contribution in [2.24, 2.45) is 4.99 Å². The minimum atomic E-state index is -0.432. The van der Waals surface area contributed by atoms with Gasteiger partial charge in [0.2, 0.25) is 5.88 Å². The standard InChI is InChI=1S/C19H24N4O2S/c1-14-6-5-7-15(12-14)23-18(25)16(17(24)21-19(23)26)13-20-8-11-22-9-3-2-4-10-22/h5-7,12-13,25H,2-4,8-11H2,1H3,(H,21,24,26). The number of piperidine rings is 1. The molecule has 1 aliphatic heterocycles. The summed E-state index contributed by atoms with van der Waals surface area (Å²) in [6, 6.07) is 7.56. The first-order valence-corrected chi connectivity index (χ1v) is 9.34. The second-order valence-corrected chi connectivity index (χ2v) is 7.00. The second-order valence-electron chi connectivity index (χ2n) is 6.61. The zero-order valence-electron chi connectivity index (χ0n) is 14.9. The molecule has 0 atom stereocenters. The highest BCUT2D eigenvalue weighted by molar-refractivity contribution is 7.71. The Balaban J connectivity index is 1.83. The number of H-pyrrole nitrogens is 1. The number of rotatable bonds is 5. The van der Waals surface area contributed by atoms with Gasteiger partial charge in [-0.25, -0.2) is 0 Å². The van der Waals surface area contributed by atoms with Gasteiger partial charge in [0, 0.05) is 12.8 Å². The number of hydrogen-bond donors (Lipinski definition) is 2. The molecule has 138 valence electrons. The fraction of sp³-hybridized carbons (Fsp3) is 0.421. The summed E-state index contributed by atoms with van der Waals surface area (Å²) in [5.74, 6) is -0.189. The van der Waals surface area contributed by atoms with Gasteiger partial charge in [0.25, 0.3) is 5.56 Å². The predicted octanol–water partition coefficient (Wildman–Crippen LogP) is 2.81. The molecule has 2 N–H and O–H groups in total. The van der Waals surface area contributed by atoms with E-state index in [1.165, 1.54) is 30.0 Å². The number of aryl methyl sites for hydroxylation is 1. The number of hydrogen-bond acceptors (Lipinski definition) is 5. The number of nitrogens with one attached hydrogen (secondary N) is 1. The van der Waals surface area contributed by atoms with Gasteiger partial charge in [-0.2, -0.15) is 0 Å². The molecule has 2 heterocycles. The maximum Gasteiger partial charge on any atom is 0.264 e. The second kappa shape index (κ2) is 8.42. The maximum atomic E-state index is 12.2. The summed E-state index contributed by atoms with van der Waals surface area (Å²) < 4.78 is 1.61. The van der Waals surface area contributed by atoms with Crippen LogP contribution in [0.25, 0.3) is 5.69 Å². The molecule has 0 radical (unpaired) electrons. The average Bonchev–Trinajstić information content (AvgIpc) is 2.61. The van der Waals surface area contributed by atoms with E-state index >= 15 is 0 Å². The third-order valence-electron chi connectivity index (χ3n) is 4.60. The summed E-state index contributed by atoms with van der Waals surface area (Å²) in [5.41, 5.74) is 1.43. The topological polar surface area (TPSA) is 73.6 Å². The molecular weight excluding hydrogens is 348 g/mol. The molecule has 26 heavy (non-hydrogen) atoms. The van der Waals surface area contributed by atoms with Crippen LogP contribution in [0.15, 0.2) is 34.1 Å². The Kier molecular flexibility index (Phi) is 6.00. The number of aromatic nitrogens is 2. The van der Waals surface area contributed by atoms with Crippen molar-refractivity contribution in [3.63, 3.8) is 0 Å². The number of aromatic amines is 1. The summed E-state index contributed by atoms with van der Waals surface area (Å²) in [6.07, 6.45) is 5.22. The first kappa shape index (κ1) is 18.5. The summed E-state index contributed by atoms with van der Waals surface area (Å²) in [6.45, 7) is 5.64. The third-order valence-corrected chi connectivity index (χ3v) is 4.88. The van der Waals surface area contributed by atoms with E-state index in [9.17, 15) is 9.90 Å². The lowest BCUT2D eigenvalue weighted by Gasteiger charge is -2.25. The van der Waals surface area contributed by atoms with Crippen LogP contribution in [-0.4, -0.2) is 52.0 Å². The number of likely N-dealkylation sites (tertiary alicyclic amines) is 1. The Morgan fingerprint density at radius 2 is 2.08 bits per heavy atom. The number of benzene rings is 1. The fourth-order valence-electron chi connectivity index (χ4n) is 3.20. The molecule has 7 heteroatoms. The molecular formula is C19H24N4O2S. The first-order chi connectivity index (χ1) is 12.6. The highest BCUT2D eigenvalue weighted by Crippen LogP contribution is 2.19. The van der Waals surface area contributed by atoms with Crippen LogP contribution in [0.3, 0.4) is 0 Å². The zero-order chi connectivity index (χ0) is 18.5.